The van der Waals surface area contributed by atoms with Crippen LogP contribution in [0.2, 0.25) is 0 Å². The normalized spacial score (nSPS) is 18.6. The summed E-state index contributed by atoms with van der Waals surface area (Å²) in [7, 11) is -3.19. The number of ether oxygens (including phenoxy) is 2. The van der Waals surface area contributed by atoms with Gasteiger partial charge in [0, 0.05) is 18.1 Å². The van der Waals surface area contributed by atoms with E-state index in [0.29, 0.717) is 16.2 Å². The predicted octanol–water partition coefficient (Wildman–Crippen LogP) is 1.59. The standard InChI is InChI=1S/C15H16F3NO7S/c1-24-10-4-3-9(12(7-10)25-2)8-19-13(20)6-5-11(14(19)21)26-27(22,23)15(16,17)18/h3-4,7,11H,5-6,8H2,1-2H3. The second kappa shape index (κ2) is 7.72. The molecule has 0 aliphatic carbocycles. The van der Waals surface area contributed by atoms with Gasteiger partial charge in [-0.05, 0) is 18.6 Å². The van der Waals surface area contributed by atoms with Crippen LogP contribution in [0.25, 0.3) is 0 Å². The van der Waals surface area contributed by atoms with Gasteiger partial charge in [-0.2, -0.15) is 21.6 Å². The highest BCUT2D eigenvalue weighted by Crippen LogP contribution is 2.30. The number of nitrogens with zero attached hydrogens (tertiary/aromatic N) is 1. The van der Waals surface area contributed by atoms with Crippen molar-refractivity contribution in [2.75, 3.05) is 14.2 Å². The molecule has 1 aliphatic heterocycles. The van der Waals surface area contributed by atoms with E-state index < -0.39 is 40.0 Å². The Hall–Kier alpha value is -2.34. The van der Waals surface area contributed by atoms with E-state index in [0.717, 1.165) is 0 Å². The largest absolute Gasteiger partial charge is 0.523 e. The van der Waals surface area contributed by atoms with Gasteiger partial charge < -0.3 is 9.47 Å². The van der Waals surface area contributed by atoms with E-state index in [4.69, 9.17) is 9.47 Å². The van der Waals surface area contributed by atoms with Crippen LogP contribution in [0.15, 0.2) is 18.2 Å². The monoisotopic (exact) mass is 411 g/mol. The minimum atomic E-state index is -5.97. The Morgan fingerprint density at radius 1 is 1.19 bits per heavy atom. The fraction of sp³-hybridized carbons (Fsp3) is 0.467. The molecule has 12 heteroatoms. The zero-order chi connectivity index (χ0) is 20.4. The van der Waals surface area contributed by atoms with Crippen LogP contribution in [-0.4, -0.2) is 51.0 Å². The van der Waals surface area contributed by atoms with Gasteiger partial charge in [0.1, 0.15) is 11.5 Å². The van der Waals surface area contributed by atoms with Crippen molar-refractivity contribution in [2.45, 2.75) is 31.0 Å². The van der Waals surface area contributed by atoms with Gasteiger partial charge in [0.05, 0.1) is 20.8 Å². The first-order chi connectivity index (χ1) is 12.5. The lowest BCUT2D eigenvalue weighted by Gasteiger charge is -2.30. The van der Waals surface area contributed by atoms with Crippen molar-refractivity contribution in [1.29, 1.82) is 0 Å². The van der Waals surface area contributed by atoms with Gasteiger partial charge in [0.15, 0.2) is 6.10 Å². The van der Waals surface area contributed by atoms with E-state index in [-0.39, 0.29) is 18.7 Å². The lowest BCUT2D eigenvalue weighted by atomic mass is 10.1. The summed E-state index contributed by atoms with van der Waals surface area (Å²) >= 11 is 0. The van der Waals surface area contributed by atoms with Crippen LogP contribution in [0.3, 0.4) is 0 Å². The maximum atomic E-state index is 12.5. The molecule has 2 rings (SSSR count). The summed E-state index contributed by atoms with van der Waals surface area (Å²) in [6.45, 7) is -0.323. The minimum Gasteiger partial charge on any atom is -0.497 e. The number of hydrogen-bond acceptors (Lipinski definition) is 7. The molecular weight excluding hydrogens is 395 g/mol. The van der Waals surface area contributed by atoms with Crippen molar-refractivity contribution in [1.82, 2.24) is 4.90 Å². The Labute approximate surface area is 152 Å². The molecular formula is C15H16F3NO7S. The Kier molecular flexibility index (Phi) is 6.00. The SMILES string of the molecule is COc1ccc(CN2C(=O)CCC(OS(=O)(=O)C(F)(F)F)C2=O)c(OC)c1. The molecule has 0 spiro atoms. The lowest BCUT2D eigenvalue weighted by molar-refractivity contribution is -0.155. The van der Waals surface area contributed by atoms with Gasteiger partial charge in [-0.15, -0.1) is 0 Å². The summed E-state index contributed by atoms with van der Waals surface area (Å²) in [5.74, 6) is -1.11. The molecule has 1 unspecified atom stereocenters. The molecule has 1 aromatic rings. The number of alkyl halides is 3. The number of amides is 2. The number of benzene rings is 1. The number of imide groups is 1. The first-order valence-electron chi connectivity index (χ1n) is 7.55. The first-order valence-corrected chi connectivity index (χ1v) is 8.95. The molecule has 0 saturated carbocycles. The van der Waals surface area contributed by atoms with E-state index >= 15 is 0 Å². The number of rotatable bonds is 6. The fourth-order valence-corrected chi connectivity index (χ4v) is 3.02. The second-order valence-corrected chi connectivity index (χ2v) is 7.08. The van der Waals surface area contributed by atoms with Crippen molar-refractivity contribution in [3.63, 3.8) is 0 Å². The number of piperidine rings is 1. The van der Waals surface area contributed by atoms with Crippen LogP contribution >= 0.6 is 0 Å². The van der Waals surface area contributed by atoms with Crippen molar-refractivity contribution in [3.05, 3.63) is 23.8 Å². The molecule has 0 aromatic heterocycles. The number of likely N-dealkylation sites (tertiary alicyclic amines) is 1. The molecule has 0 radical (unpaired) electrons. The molecule has 2 amide bonds. The molecule has 1 fully saturated rings. The Morgan fingerprint density at radius 2 is 1.85 bits per heavy atom. The molecule has 1 aliphatic rings. The van der Waals surface area contributed by atoms with Crippen molar-refractivity contribution in [2.24, 2.45) is 0 Å². The van der Waals surface area contributed by atoms with Gasteiger partial charge in [-0.1, -0.05) is 0 Å². The molecule has 150 valence electrons. The molecule has 27 heavy (non-hydrogen) atoms. The molecule has 1 saturated heterocycles. The highest BCUT2D eigenvalue weighted by molar-refractivity contribution is 7.87. The highest BCUT2D eigenvalue weighted by Gasteiger charge is 2.50. The Morgan fingerprint density at radius 3 is 2.41 bits per heavy atom. The van der Waals surface area contributed by atoms with Crippen LogP contribution in [0.4, 0.5) is 13.2 Å². The van der Waals surface area contributed by atoms with Gasteiger partial charge in [0.2, 0.25) is 5.91 Å². The number of methoxy groups -OCH3 is 2. The molecule has 1 atom stereocenters. The van der Waals surface area contributed by atoms with Gasteiger partial charge >= 0.3 is 15.6 Å². The zero-order valence-corrected chi connectivity index (χ0v) is 15.1. The summed E-state index contributed by atoms with van der Waals surface area (Å²) in [5.41, 5.74) is -5.29. The lowest BCUT2D eigenvalue weighted by Crippen LogP contribution is -2.49. The predicted molar refractivity (Wildman–Crippen MR) is 84.2 cm³/mol. The van der Waals surface area contributed by atoms with Crippen LogP contribution in [0.1, 0.15) is 18.4 Å². The number of carbonyl (C=O) groups excluding carboxylic acids is 2. The summed E-state index contributed by atoms with van der Waals surface area (Å²) in [5, 5.41) is 0. The maximum absolute atomic E-state index is 12.5. The third-order valence-corrected chi connectivity index (χ3v) is 4.86. The third-order valence-electron chi connectivity index (χ3n) is 3.81. The maximum Gasteiger partial charge on any atom is 0.523 e. The van der Waals surface area contributed by atoms with Crippen molar-refractivity contribution >= 4 is 21.9 Å². The smallest absolute Gasteiger partial charge is 0.497 e. The van der Waals surface area contributed by atoms with Crippen LogP contribution < -0.4 is 9.47 Å². The summed E-state index contributed by atoms with van der Waals surface area (Å²) in [6.07, 6.45) is -2.75. The van der Waals surface area contributed by atoms with Crippen molar-refractivity contribution < 1.29 is 44.8 Å². The van der Waals surface area contributed by atoms with Gasteiger partial charge in [0.25, 0.3) is 5.91 Å². The highest BCUT2D eigenvalue weighted by atomic mass is 32.2. The van der Waals surface area contributed by atoms with E-state index in [1.165, 1.54) is 26.4 Å². The van der Waals surface area contributed by atoms with E-state index in [2.05, 4.69) is 4.18 Å². The molecule has 0 N–H and O–H groups in total. The van der Waals surface area contributed by atoms with Crippen LogP contribution in [0.5, 0.6) is 11.5 Å². The molecule has 0 bridgehead atoms. The Balaban J connectivity index is 2.24. The molecule has 8 nitrogen and oxygen atoms in total. The summed E-state index contributed by atoms with van der Waals surface area (Å²) in [6, 6.07) is 4.55. The molecule has 1 heterocycles. The average molecular weight is 411 g/mol. The summed E-state index contributed by atoms with van der Waals surface area (Å²) < 4.78 is 73.9. The summed E-state index contributed by atoms with van der Waals surface area (Å²) in [4.78, 5) is 25.0. The zero-order valence-electron chi connectivity index (χ0n) is 14.3. The van der Waals surface area contributed by atoms with E-state index in [1.807, 2.05) is 0 Å². The number of halogens is 3. The van der Waals surface area contributed by atoms with Gasteiger partial charge in [-0.3, -0.25) is 14.5 Å². The second-order valence-electron chi connectivity index (χ2n) is 5.52. The van der Waals surface area contributed by atoms with E-state index in [1.54, 1.807) is 6.07 Å². The fourth-order valence-electron chi connectivity index (χ4n) is 2.43. The van der Waals surface area contributed by atoms with Crippen molar-refractivity contribution in [3.8, 4) is 11.5 Å². The topological polar surface area (TPSA) is 99.2 Å². The number of hydrogen-bond donors (Lipinski definition) is 0. The minimum absolute atomic E-state index is 0.279. The quantitative estimate of drug-likeness (QED) is 0.398. The third kappa shape index (κ3) is 4.50. The number of carbonyl (C=O) groups is 2. The van der Waals surface area contributed by atoms with Crippen LogP contribution in [0, 0.1) is 0 Å². The Bertz CT molecular complexity index is 838. The first kappa shape index (κ1) is 21.0. The van der Waals surface area contributed by atoms with E-state index in [9.17, 15) is 31.2 Å². The average Bonchev–Trinajstić information content (AvgIpc) is 2.60. The van der Waals surface area contributed by atoms with Gasteiger partial charge in [-0.25, -0.2) is 4.18 Å². The van der Waals surface area contributed by atoms with Crippen LogP contribution in [-0.2, 0) is 30.4 Å². The molecule has 1 aromatic carbocycles.